The molecule has 0 atom stereocenters. The van der Waals surface area contributed by atoms with Gasteiger partial charge < -0.3 is 9.84 Å². The first kappa shape index (κ1) is 12.9. The molecule has 0 spiro atoms. The molecule has 2 aromatic rings. The molecule has 0 bridgehead atoms. The molecule has 4 heteroatoms. The average molecular weight is 331 g/mol. The number of benzene rings is 2. The number of halogens is 1. The average Bonchev–Trinajstić information content (AvgIpc) is 2.69. The minimum Gasteiger partial charge on any atom is -0.507 e. The summed E-state index contributed by atoms with van der Waals surface area (Å²) in [6.45, 7) is 1.84. The first-order chi connectivity index (χ1) is 9.54. The van der Waals surface area contributed by atoms with Crippen LogP contribution in [0.1, 0.15) is 21.5 Å². The largest absolute Gasteiger partial charge is 0.507 e. The van der Waals surface area contributed by atoms with Gasteiger partial charge in [-0.2, -0.15) is 0 Å². The van der Waals surface area contributed by atoms with Gasteiger partial charge in [-0.25, -0.2) is 0 Å². The molecule has 3 nitrogen and oxygen atoms in total. The zero-order chi connectivity index (χ0) is 14.3. The molecule has 0 aromatic heterocycles. The highest BCUT2D eigenvalue weighted by Gasteiger charge is 2.30. The van der Waals surface area contributed by atoms with Gasteiger partial charge in [0, 0.05) is 4.47 Å². The van der Waals surface area contributed by atoms with E-state index in [0.717, 1.165) is 15.6 Å². The Kier molecular flexibility index (Phi) is 3.10. The predicted octanol–water partition coefficient (Wildman–Crippen LogP) is 4.08. The van der Waals surface area contributed by atoms with Gasteiger partial charge in [0.2, 0.25) is 5.78 Å². The van der Waals surface area contributed by atoms with Crippen molar-refractivity contribution in [1.82, 2.24) is 0 Å². The van der Waals surface area contributed by atoms with Gasteiger partial charge in [-0.05, 0) is 48.4 Å². The number of phenolic OH excluding ortho intramolecular Hbond substituents is 1. The minimum atomic E-state index is -0.291. The summed E-state index contributed by atoms with van der Waals surface area (Å²) in [7, 11) is 0. The molecule has 1 N–H and O–H groups in total. The van der Waals surface area contributed by atoms with Crippen molar-refractivity contribution in [3.63, 3.8) is 0 Å². The monoisotopic (exact) mass is 330 g/mol. The normalized spacial score (nSPS) is 15.3. The molecule has 1 aliphatic rings. The Labute approximate surface area is 124 Å². The van der Waals surface area contributed by atoms with Crippen molar-refractivity contribution < 1.29 is 14.6 Å². The first-order valence-corrected chi connectivity index (χ1v) is 6.87. The molecule has 3 rings (SSSR count). The Hall–Kier alpha value is -2.07. The summed E-state index contributed by atoms with van der Waals surface area (Å²) < 4.78 is 6.52. The lowest BCUT2D eigenvalue weighted by molar-refractivity contribution is 0.101. The number of hydrogen-bond acceptors (Lipinski definition) is 3. The van der Waals surface area contributed by atoms with Crippen LogP contribution in [0, 0.1) is 6.92 Å². The molecule has 1 heterocycles. The molecular weight excluding hydrogens is 320 g/mol. The van der Waals surface area contributed by atoms with Crippen LogP contribution in [0.5, 0.6) is 11.5 Å². The lowest BCUT2D eigenvalue weighted by Gasteiger charge is -2.01. The van der Waals surface area contributed by atoms with Crippen molar-refractivity contribution in [2.45, 2.75) is 6.92 Å². The first-order valence-electron chi connectivity index (χ1n) is 6.08. The molecule has 0 radical (unpaired) electrons. The van der Waals surface area contributed by atoms with E-state index >= 15 is 0 Å². The van der Waals surface area contributed by atoms with Crippen molar-refractivity contribution in [3.05, 3.63) is 63.3 Å². The second-order valence-electron chi connectivity index (χ2n) is 4.65. The Bertz CT molecular complexity index is 730. The lowest BCUT2D eigenvalue weighted by atomic mass is 10.1. The summed E-state index contributed by atoms with van der Waals surface area (Å²) in [5, 5.41) is 9.87. The minimum absolute atomic E-state index is 0.0378. The SMILES string of the molecule is Cc1cc(O)c2c(c1)O/C(=C\c1ccc(Br)cc1)C2=O. The van der Waals surface area contributed by atoms with E-state index in [1.54, 1.807) is 18.2 Å². The topological polar surface area (TPSA) is 46.5 Å². The van der Waals surface area contributed by atoms with Gasteiger partial charge in [0.05, 0.1) is 0 Å². The summed E-state index contributed by atoms with van der Waals surface area (Å²) in [6.07, 6.45) is 1.67. The van der Waals surface area contributed by atoms with Crippen molar-refractivity contribution in [2.24, 2.45) is 0 Å². The Balaban J connectivity index is 2.01. The summed E-state index contributed by atoms with van der Waals surface area (Å²) in [4.78, 5) is 12.2. The lowest BCUT2D eigenvalue weighted by Crippen LogP contribution is -1.98. The Morgan fingerprint density at radius 1 is 1.20 bits per heavy atom. The maximum absolute atomic E-state index is 12.2. The number of hydrogen-bond donors (Lipinski definition) is 1. The number of ketones is 1. The third-order valence-corrected chi connectivity index (χ3v) is 3.59. The van der Waals surface area contributed by atoms with Gasteiger partial charge in [0.1, 0.15) is 17.1 Å². The maximum atomic E-state index is 12.2. The van der Waals surface area contributed by atoms with E-state index in [4.69, 9.17) is 4.74 Å². The number of allylic oxidation sites excluding steroid dienone is 1. The summed E-state index contributed by atoms with van der Waals surface area (Å²) in [5.41, 5.74) is 1.94. The molecule has 0 saturated carbocycles. The van der Waals surface area contributed by atoms with Crippen LogP contribution < -0.4 is 4.74 Å². The number of ether oxygens (including phenoxy) is 1. The summed E-state index contributed by atoms with van der Waals surface area (Å²) in [5.74, 6) is 0.309. The van der Waals surface area contributed by atoms with Crippen LogP contribution in [-0.2, 0) is 0 Å². The van der Waals surface area contributed by atoms with Crippen LogP contribution in [0.15, 0.2) is 46.6 Å². The second-order valence-corrected chi connectivity index (χ2v) is 5.56. The van der Waals surface area contributed by atoms with E-state index < -0.39 is 0 Å². The number of rotatable bonds is 1. The van der Waals surface area contributed by atoms with Gasteiger partial charge in [-0.1, -0.05) is 28.1 Å². The summed E-state index contributed by atoms with van der Waals surface area (Å²) >= 11 is 3.36. The highest BCUT2D eigenvalue weighted by atomic mass is 79.9. The number of carbonyl (C=O) groups is 1. The quantitative estimate of drug-likeness (QED) is 0.801. The molecule has 1 aliphatic heterocycles. The number of aryl methyl sites for hydroxylation is 1. The number of Topliss-reactive ketones (excluding diaryl/α,β-unsaturated/α-hetero) is 1. The highest BCUT2D eigenvalue weighted by Crippen LogP contribution is 2.38. The molecule has 20 heavy (non-hydrogen) atoms. The van der Waals surface area contributed by atoms with Gasteiger partial charge in [0.15, 0.2) is 5.76 Å². The Morgan fingerprint density at radius 2 is 1.90 bits per heavy atom. The number of phenols is 1. The highest BCUT2D eigenvalue weighted by molar-refractivity contribution is 9.10. The van der Waals surface area contributed by atoms with Crippen molar-refractivity contribution in [2.75, 3.05) is 0 Å². The van der Waals surface area contributed by atoms with Crippen LogP contribution in [0.2, 0.25) is 0 Å². The van der Waals surface area contributed by atoms with E-state index in [2.05, 4.69) is 15.9 Å². The van der Waals surface area contributed by atoms with Crippen LogP contribution >= 0.6 is 15.9 Å². The zero-order valence-corrected chi connectivity index (χ0v) is 12.3. The maximum Gasteiger partial charge on any atom is 0.235 e. The molecule has 0 fully saturated rings. The van der Waals surface area contributed by atoms with E-state index in [1.807, 2.05) is 31.2 Å². The van der Waals surface area contributed by atoms with Gasteiger partial charge >= 0.3 is 0 Å². The molecule has 0 saturated heterocycles. The zero-order valence-electron chi connectivity index (χ0n) is 10.7. The van der Waals surface area contributed by atoms with Gasteiger partial charge in [0.25, 0.3) is 0 Å². The van der Waals surface area contributed by atoms with Crippen LogP contribution in [0.25, 0.3) is 6.08 Å². The Morgan fingerprint density at radius 3 is 2.60 bits per heavy atom. The molecule has 0 aliphatic carbocycles. The van der Waals surface area contributed by atoms with Crippen LogP contribution in [0.4, 0.5) is 0 Å². The second kappa shape index (κ2) is 4.80. The smallest absolute Gasteiger partial charge is 0.235 e. The van der Waals surface area contributed by atoms with Gasteiger partial charge in [-0.3, -0.25) is 4.79 Å². The fraction of sp³-hybridized carbons (Fsp3) is 0.0625. The third-order valence-electron chi connectivity index (χ3n) is 3.06. The van der Waals surface area contributed by atoms with Crippen LogP contribution in [-0.4, -0.2) is 10.9 Å². The van der Waals surface area contributed by atoms with Crippen LogP contribution in [0.3, 0.4) is 0 Å². The van der Waals surface area contributed by atoms with Crippen molar-refractivity contribution >= 4 is 27.8 Å². The van der Waals surface area contributed by atoms with E-state index in [-0.39, 0.29) is 22.9 Å². The van der Waals surface area contributed by atoms with Gasteiger partial charge in [-0.15, -0.1) is 0 Å². The van der Waals surface area contributed by atoms with E-state index in [0.29, 0.717) is 5.75 Å². The fourth-order valence-electron chi connectivity index (χ4n) is 2.14. The molecule has 0 unspecified atom stereocenters. The molecule has 2 aromatic carbocycles. The van der Waals surface area contributed by atoms with Crippen molar-refractivity contribution in [3.8, 4) is 11.5 Å². The third kappa shape index (κ3) is 2.23. The number of carbonyl (C=O) groups excluding carboxylic acids is 1. The van der Waals surface area contributed by atoms with E-state index in [1.165, 1.54) is 0 Å². The van der Waals surface area contributed by atoms with E-state index in [9.17, 15) is 9.90 Å². The summed E-state index contributed by atoms with van der Waals surface area (Å²) in [6, 6.07) is 10.8. The number of fused-ring (bicyclic) bond motifs is 1. The standard InChI is InChI=1S/C16H11BrO3/c1-9-6-12(18)15-13(7-9)20-14(16(15)19)8-10-2-4-11(17)5-3-10/h2-8,18H,1H3/b14-8-. The molecular formula is C16H11BrO3. The molecule has 100 valence electrons. The number of aromatic hydroxyl groups is 1. The molecule has 0 amide bonds. The van der Waals surface area contributed by atoms with Crippen molar-refractivity contribution in [1.29, 1.82) is 0 Å². The fourth-order valence-corrected chi connectivity index (χ4v) is 2.40. The predicted molar refractivity (Wildman–Crippen MR) is 79.9 cm³/mol.